The van der Waals surface area contributed by atoms with Crippen LogP contribution >= 0.6 is 0 Å². The van der Waals surface area contributed by atoms with Crippen molar-refractivity contribution in [2.75, 3.05) is 0 Å². The lowest BCUT2D eigenvalue weighted by molar-refractivity contribution is -0.124. The summed E-state index contributed by atoms with van der Waals surface area (Å²) in [7, 11) is 0. The standard InChI is InChI=1S/C17H22N2O/c1-12-8-9-16(13(12)2)19-17(20)15(11-18)10-14-6-4-3-5-7-14/h3-7,12-13,15-16H,8-10H2,1-2H3,(H,19,20). The highest BCUT2D eigenvalue weighted by Gasteiger charge is 2.32. The van der Waals surface area contributed by atoms with Gasteiger partial charge in [0.15, 0.2) is 0 Å². The van der Waals surface area contributed by atoms with Crippen LogP contribution in [0.2, 0.25) is 0 Å². The number of carbonyl (C=O) groups is 1. The van der Waals surface area contributed by atoms with E-state index in [4.69, 9.17) is 0 Å². The second kappa shape index (κ2) is 6.56. The topological polar surface area (TPSA) is 52.9 Å². The van der Waals surface area contributed by atoms with Gasteiger partial charge < -0.3 is 5.32 Å². The first-order valence-electron chi connectivity index (χ1n) is 7.35. The molecule has 0 radical (unpaired) electrons. The number of amides is 1. The predicted octanol–water partition coefficient (Wildman–Crippen LogP) is 2.92. The number of rotatable bonds is 4. The van der Waals surface area contributed by atoms with Crippen molar-refractivity contribution in [1.29, 1.82) is 5.26 Å². The maximum atomic E-state index is 12.3. The minimum atomic E-state index is -0.597. The van der Waals surface area contributed by atoms with E-state index in [1.807, 2.05) is 30.3 Å². The molecule has 0 spiro atoms. The fourth-order valence-electron chi connectivity index (χ4n) is 2.90. The van der Waals surface area contributed by atoms with Crippen LogP contribution in [-0.4, -0.2) is 11.9 Å². The lowest BCUT2D eigenvalue weighted by Crippen LogP contribution is -2.41. The monoisotopic (exact) mass is 270 g/mol. The molecule has 1 aromatic carbocycles. The lowest BCUT2D eigenvalue weighted by Gasteiger charge is -2.21. The Labute approximate surface area is 121 Å². The van der Waals surface area contributed by atoms with Crippen LogP contribution in [0, 0.1) is 29.1 Å². The van der Waals surface area contributed by atoms with Crippen molar-refractivity contribution >= 4 is 5.91 Å². The molecule has 0 aliphatic heterocycles. The Morgan fingerprint density at radius 3 is 2.60 bits per heavy atom. The minimum Gasteiger partial charge on any atom is -0.352 e. The van der Waals surface area contributed by atoms with Gasteiger partial charge in [0.05, 0.1) is 6.07 Å². The molecule has 4 unspecified atom stereocenters. The Balaban J connectivity index is 1.95. The molecule has 1 N–H and O–H groups in total. The summed E-state index contributed by atoms with van der Waals surface area (Å²) in [5.41, 5.74) is 1.03. The quantitative estimate of drug-likeness (QED) is 0.914. The Bertz CT molecular complexity index is 491. The molecule has 20 heavy (non-hydrogen) atoms. The molecular formula is C17H22N2O. The van der Waals surface area contributed by atoms with Gasteiger partial charge in [0, 0.05) is 6.04 Å². The van der Waals surface area contributed by atoms with Crippen molar-refractivity contribution in [2.24, 2.45) is 17.8 Å². The van der Waals surface area contributed by atoms with E-state index in [-0.39, 0.29) is 11.9 Å². The zero-order chi connectivity index (χ0) is 14.5. The zero-order valence-electron chi connectivity index (χ0n) is 12.2. The summed E-state index contributed by atoms with van der Waals surface area (Å²) in [6.07, 6.45) is 2.67. The van der Waals surface area contributed by atoms with Crippen molar-refractivity contribution in [3.63, 3.8) is 0 Å². The highest BCUT2D eigenvalue weighted by molar-refractivity contribution is 5.81. The zero-order valence-corrected chi connectivity index (χ0v) is 12.2. The Hall–Kier alpha value is -1.82. The Morgan fingerprint density at radius 2 is 2.05 bits per heavy atom. The van der Waals surface area contributed by atoms with Crippen molar-refractivity contribution in [1.82, 2.24) is 5.32 Å². The molecule has 3 nitrogen and oxygen atoms in total. The number of hydrogen-bond donors (Lipinski definition) is 1. The molecule has 0 heterocycles. The van der Waals surface area contributed by atoms with Crippen LogP contribution in [0.15, 0.2) is 30.3 Å². The summed E-state index contributed by atoms with van der Waals surface area (Å²) in [4.78, 5) is 12.3. The Morgan fingerprint density at radius 1 is 1.35 bits per heavy atom. The largest absolute Gasteiger partial charge is 0.352 e. The SMILES string of the molecule is CC1CCC(NC(=O)C(C#N)Cc2ccccc2)C1C. The molecular weight excluding hydrogens is 248 g/mol. The smallest absolute Gasteiger partial charge is 0.237 e. The van der Waals surface area contributed by atoms with Gasteiger partial charge in [-0.1, -0.05) is 44.2 Å². The molecule has 1 aliphatic carbocycles. The third-order valence-corrected chi connectivity index (χ3v) is 4.55. The van der Waals surface area contributed by atoms with Crippen molar-refractivity contribution < 1.29 is 4.79 Å². The number of hydrogen-bond acceptors (Lipinski definition) is 2. The number of nitrogens with one attached hydrogen (secondary N) is 1. The van der Waals surface area contributed by atoms with Gasteiger partial charge in [0.25, 0.3) is 0 Å². The maximum Gasteiger partial charge on any atom is 0.237 e. The first-order chi connectivity index (χ1) is 9.61. The van der Waals surface area contributed by atoms with Gasteiger partial charge in [-0.25, -0.2) is 0 Å². The molecule has 0 aromatic heterocycles. The maximum absolute atomic E-state index is 12.3. The normalized spacial score (nSPS) is 26.8. The van der Waals surface area contributed by atoms with Gasteiger partial charge in [-0.05, 0) is 36.7 Å². The molecule has 1 saturated carbocycles. The highest BCUT2D eigenvalue weighted by atomic mass is 16.1. The fraction of sp³-hybridized carbons (Fsp3) is 0.529. The second-order valence-electron chi connectivity index (χ2n) is 5.90. The number of carbonyl (C=O) groups excluding carboxylic acids is 1. The predicted molar refractivity (Wildman–Crippen MR) is 78.7 cm³/mol. The van der Waals surface area contributed by atoms with Crippen LogP contribution in [0.5, 0.6) is 0 Å². The van der Waals surface area contributed by atoms with E-state index < -0.39 is 5.92 Å². The van der Waals surface area contributed by atoms with E-state index in [1.54, 1.807) is 0 Å². The molecule has 1 amide bonds. The molecule has 1 fully saturated rings. The van der Waals surface area contributed by atoms with Gasteiger partial charge in [-0.15, -0.1) is 0 Å². The average molecular weight is 270 g/mol. The van der Waals surface area contributed by atoms with Gasteiger partial charge in [-0.3, -0.25) is 4.79 Å². The number of nitriles is 1. The van der Waals surface area contributed by atoms with Crippen molar-refractivity contribution in [3.05, 3.63) is 35.9 Å². The number of benzene rings is 1. The minimum absolute atomic E-state index is 0.123. The third kappa shape index (κ3) is 3.39. The molecule has 0 bridgehead atoms. The molecule has 4 atom stereocenters. The highest BCUT2D eigenvalue weighted by Crippen LogP contribution is 2.31. The fourth-order valence-corrected chi connectivity index (χ4v) is 2.90. The summed E-state index contributed by atoms with van der Waals surface area (Å²) >= 11 is 0. The molecule has 106 valence electrons. The summed E-state index contributed by atoms with van der Waals surface area (Å²) in [6, 6.07) is 12.1. The summed E-state index contributed by atoms with van der Waals surface area (Å²) in [5.74, 6) is 0.424. The van der Waals surface area contributed by atoms with E-state index in [9.17, 15) is 10.1 Å². The van der Waals surface area contributed by atoms with Crippen molar-refractivity contribution in [2.45, 2.75) is 39.2 Å². The van der Waals surface area contributed by atoms with E-state index in [0.717, 1.165) is 18.4 Å². The van der Waals surface area contributed by atoms with E-state index in [2.05, 4.69) is 25.2 Å². The van der Waals surface area contributed by atoms with Crippen LogP contribution in [0.3, 0.4) is 0 Å². The molecule has 0 saturated heterocycles. The summed E-state index contributed by atoms with van der Waals surface area (Å²) < 4.78 is 0. The first-order valence-corrected chi connectivity index (χ1v) is 7.35. The van der Waals surface area contributed by atoms with Crippen LogP contribution in [-0.2, 0) is 11.2 Å². The van der Waals surface area contributed by atoms with Gasteiger partial charge >= 0.3 is 0 Å². The van der Waals surface area contributed by atoms with E-state index in [1.165, 1.54) is 0 Å². The molecule has 1 aliphatic rings. The van der Waals surface area contributed by atoms with Crippen LogP contribution in [0.1, 0.15) is 32.3 Å². The van der Waals surface area contributed by atoms with Crippen LogP contribution in [0.4, 0.5) is 0 Å². The summed E-state index contributed by atoms with van der Waals surface area (Å²) in [5, 5.41) is 12.3. The van der Waals surface area contributed by atoms with Gasteiger partial charge in [0.2, 0.25) is 5.91 Å². The average Bonchev–Trinajstić information content (AvgIpc) is 2.77. The molecule has 2 rings (SSSR count). The first kappa shape index (κ1) is 14.6. The van der Waals surface area contributed by atoms with Crippen LogP contribution in [0.25, 0.3) is 0 Å². The lowest BCUT2D eigenvalue weighted by atomic mass is 9.96. The molecule has 3 heteroatoms. The molecule has 1 aromatic rings. The van der Waals surface area contributed by atoms with E-state index in [0.29, 0.717) is 18.3 Å². The van der Waals surface area contributed by atoms with Crippen molar-refractivity contribution in [3.8, 4) is 6.07 Å². The summed E-state index contributed by atoms with van der Waals surface area (Å²) in [6.45, 7) is 4.41. The van der Waals surface area contributed by atoms with Gasteiger partial charge in [0.1, 0.15) is 5.92 Å². The second-order valence-corrected chi connectivity index (χ2v) is 5.90. The van der Waals surface area contributed by atoms with E-state index >= 15 is 0 Å². The Kier molecular flexibility index (Phi) is 4.79. The third-order valence-electron chi connectivity index (χ3n) is 4.55. The van der Waals surface area contributed by atoms with Crippen LogP contribution < -0.4 is 5.32 Å². The van der Waals surface area contributed by atoms with Gasteiger partial charge in [-0.2, -0.15) is 5.26 Å². The number of nitrogens with zero attached hydrogens (tertiary/aromatic N) is 1.